The van der Waals surface area contributed by atoms with Crippen LogP contribution >= 0.6 is 0 Å². The summed E-state index contributed by atoms with van der Waals surface area (Å²) >= 11 is 0. The van der Waals surface area contributed by atoms with Gasteiger partial charge in [-0.05, 0) is 55.4 Å². The number of pyridine rings is 1. The van der Waals surface area contributed by atoms with Crippen LogP contribution in [0.5, 0.6) is 0 Å². The number of carbonyl (C=O) groups is 1. The first-order chi connectivity index (χ1) is 15.6. The summed E-state index contributed by atoms with van der Waals surface area (Å²) < 4.78 is 0. The molecule has 166 valence electrons. The highest BCUT2D eigenvalue weighted by molar-refractivity contribution is 5.92. The number of hydrogen-bond acceptors (Lipinski definition) is 6. The minimum absolute atomic E-state index is 0.0911. The summed E-state index contributed by atoms with van der Waals surface area (Å²) in [4.78, 5) is 28.5. The van der Waals surface area contributed by atoms with Crippen LogP contribution in [0.25, 0.3) is 11.1 Å². The van der Waals surface area contributed by atoms with Crippen molar-refractivity contribution in [1.29, 1.82) is 0 Å². The Hall–Kier alpha value is -3.29. The van der Waals surface area contributed by atoms with Gasteiger partial charge in [-0.15, -0.1) is 0 Å². The predicted molar refractivity (Wildman–Crippen MR) is 123 cm³/mol. The largest absolute Gasteiger partial charge is 0.348 e. The van der Waals surface area contributed by atoms with E-state index in [1.807, 2.05) is 24.4 Å². The third kappa shape index (κ3) is 4.35. The van der Waals surface area contributed by atoms with Gasteiger partial charge in [0.2, 0.25) is 5.95 Å². The molecule has 8 heteroatoms. The molecule has 0 atom stereocenters. The second-order valence-corrected chi connectivity index (χ2v) is 9.08. The van der Waals surface area contributed by atoms with E-state index < -0.39 is 0 Å². The standard InChI is InChI=1S/C24H29N7O/c1-15(2)22-19(16-5-9-25-10-6-16)14-26-24(28-22)31-11-7-18(8-12-31)27-23(32)21-13-20(29-30-21)17-3-4-17/h5-6,9-10,13-15,17-18H,3-4,7-8,11-12H2,1-2H3,(H,27,32)(H,29,30). The molecule has 0 bridgehead atoms. The van der Waals surface area contributed by atoms with Gasteiger partial charge in [-0.3, -0.25) is 14.9 Å². The lowest BCUT2D eigenvalue weighted by molar-refractivity contribution is 0.0926. The van der Waals surface area contributed by atoms with E-state index in [4.69, 9.17) is 4.98 Å². The fourth-order valence-electron chi connectivity index (χ4n) is 4.27. The average molecular weight is 432 g/mol. The Morgan fingerprint density at radius 3 is 2.59 bits per heavy atom. The minimum Gasteiger partial charge on any atom is -0.348 e. The lowest BCUT2D eigenvalue weighted by Gasteiger charge is -2.32. The van der Waals surface area contributed by atoms with E-state index >= 15 is 0 Å². The van der Waals surface area contributed by atoms with Crippen molar-refractivity contribution in [3.8, 4) is 11.1 Å². The molecule has 0 aromatic carbocycles. The van der Waals surface area contributed by atoms with Crippen molar-refractivity contribution in [2.24, 2.45) is 0 Å². The van der Waals surface area contributed by atoms with Gasteiger partial charge in [0, 0.05) is 54.9 Å². The summed E-state index contributed by atoms with van der Waals surface area (Å²) in [6.07, 6.45) is 9.61. The van der Waals surface area contributed by atoms with E-state index in [1.54, 1.807) is 12.4 Å². The molecule has 2 N–H and O–H groups in total. The van der Waals surface area contributed by atoms with Crippen molar-refractivity contribution in [2.75, 3.05) is 18.0 Å². The van der Waals surface area contributed by atoms with Gasteiger partial charge in [-0.25, -0.2) is 9.97 Å². The minimum atomic E-state index is -0.0911. The maximum Gasteiger partial charge on any atom is 0.271 e. The van der Waals surface area contributed by atoms with Crippen molar-refractivity contribution in [3.63, 3.8) is 0 Å². The lowest BCUT2D eigenvalue weighted by atomic mass is 10.00. The lowest BCUT2D eigenvalue weighted by Crippen LogP contribution is -2.45. The number of rotatable bonds is 6. The van der Waals surface area contributed by atoms with Crippen LogP contribution in [0.4, 0.5) is 5.95 Å². The molecule has 0 radical (unpaired) electrons. The van der Waals surface area contributed by atoms with Gasteiger partial charge in [0.15, 0.2) is 0 Å². The highest BCUT2D eigenvalue weighted by atomic mass is 16.2. The van der Waals surface area contributed by atoms with Gasteiger partial charge in [0.05, 0.1) is 5.69 Å². The monoisotopic (exact) mass is 431 g/mol. The van der Waals surface area contributed by atoms with Crippen LogP contribution in [0.1, 0.15) is 73.2 Å². The quantitative estimate of drug-likeness (QED) is 0.618. The summed E-state index contributed by atoms with van der Waals surface area (Å²) in [6, 6.07) is 6.02. The Bertz CT molecular complexity index is 1080. The summed E-state index contributed by atoms with van der Waals surface area (Å²) in [5.74, 6) is 1.52. The van der Waals surface area contributed by atoms with E-state index in [9.17, 15) is 4.79 Å². The number of piperidine rings is 1. The van der Waals surface area contributed by atoms with Crippen LogP contribution in [0.2, 0.25) is 0 Å². The second kappa shape index (κ2) is 8.68. The molecular weight excluding hydrogens is 402 g/mol. The molecule has 3 aromatic heterocycles. The Labute approximate surface area is 187 Å². The first-order valence-electron chi connectivity index (χ1n) is 11.5. The molecule has 8 nitrogen and oxygen atoms in total. The highest BCUT2D eigenvalue weighted by Crippen LogP contribution is 2.39. The Morgan fingerprint density at radius 1 is 1.16 bits per heavy atom. The third-order valence-corrected chi connectivity index (χ3v) is 6.30. The molecule has 5 rings (SSSR count). The van der Waals surface area contributed by atoms with Crippen molar-refractivity contribution in [3.05, 3.63) is 53.9 Å². The molecule has 2 aliphatic rings. The van der Waals surface area contributed by atoms with Crippen molar-refractivity contribution < 1.29 is 4.79 Å². The number of aromatic amines is 1. The SMILES string of the molecule is CC(C)c1nc(N2CCC(NC(=O)c3cc(C4CC4)[nH]n3)CC2)ncc1-c1ccncc1. The first kappa shape index (κ1) is 20.6. The Morgan fingerprint density at radius 2 is 1.91 bits per heavy atom. The maximum atomic E-state index is 12.6. The van der Waals surface area contributed by atoms with E-state index in [2.05, 4.69) is 44.2 Å². The number of aromatic nitrogens is 5. The number of amides is 1. The number of nitrogens with one attached hydrogen (secondary N) is 2. The number of H-pyrrole nitrogens is 1. The van der Waals surface area contributed by atoms with Crippen LogP contribution in [-0.4, -0.2) is 50.2 Å². The Balaban J connectivity index is 1.22. The second-order valence-electron chi connectivity index (χ2n) is 9.08. The van der Waals surface area contributed by atoms with Crippen LogP contribution in [0, 0.1) is 0 Å². The smallest absolute Gasteiger partial charge is 0.271 e. The first-order valence-corrected chi connectivity index (χ1v) is 11.5. The van der Waals surface area contributed by atoms with Crippen molar-refractivity contribution in [1.82, 2.24) is 30.5 Å². The van der Waals surface area contributed by atoms with Crippen molar-refractivity contribution >= 4 is 11.9 Å². The maximum absolute atomic E-state index is 12.6. The van der Waals surface area contributed by atoms with Gasteiger partial charge in [0.25, 0.3) is 5.91 Å². The molecular formula is C24H29N7O. The van der Waals surface area contributed by atoms with Gasteiger partial charge in [0.1, 0.15) is 5.69 Å². The molecule has 32 heavy (non-hydrogen) atoms. The number of hydrogen-bond donors (Lipinski definition) is 2. The zero-order valence-electron chi connectivity index (χ0n) is 18.6. The third-order valence-electron chi connectivity index (χ3n) is 6.30. The van der Waals surface area contributed by atoms with Crippen molar-refractivity contribution in [2.45, 2.75) is 57.4 Å². The van der Waals surface area contributed by atoms with Gasteiger partial charge in [-0.2, -0.15) is 5.10 Å². The molecule has 1 aliphatic heterocycles. The highest BCUT2D eigenvalue weighted by Gasteiger charge is 2.28. The van der Waals surface area contributed by atoms with E-state index in [0.717, 1.165) is 54.4 Å². The molecule has 1 aliphatic carbocycles. The average Bonchev–Trinajstić information content (AvgIpc) is 3.56. The van der Waals surface area contributed by atoms with E-state index in [-0.39, 0.29) is 17.9 Å². The summed E-state index contributed by atoms with van der Waals surface area (Å²) in [5, 5.41) is 10.3. The fraction of sp³-hybridized carbons (Fsp3) is 0.458. The predicted octanol–water partition coefficient (Wildman–Crippen LogP) is 3.66. The molecule has 2 fully saturated rings. The zero-order valence-corrected chi connectivity index (χ0v) is 18.6. The molecule has 0 unspecified atom stereocenters. The normalized spacial score (nSPS) is 17.0. The summed E-state index contributed by atoms with van der Waals surface area (Å²) in [5.41, 5.74) is 4.75. The van der Waals surface area contributed by atoms with Gasteiger partial charge in [-0.1, -0.05) is 13.8 Å². The summed E-state index contributed by atoms with van der Waals surface area (Å²) in [6.45, 7) is 5.93. The van der Waals surface area contributed by atoms with E-state index in [1.165, 1.54) is 12.8 Å². The molecule has 3 aromatic rings. The Kier molecular flexibility index (Phi) is 5.59. The van der Waals surface area contributed by atoms with Gasteiger partial charge >= 0.3 is 0 Å². The van der Waals surface area contributed by atoms with Crippen LogP contribution < -0.4 is 10.2 Å². The molecule has 0 spiro atoms. The number of nitrogens with zero attached hydrogens (tertiary/aromatic N) is 5. The zero-order chi connectivity index (χ0) is 22.1. The molecule has 1 amide bonds. The van der Waals surface area contributed by atoms with Crippen LogP contribution in [0.15, 0.2) is 36.8 Å². The van der Waals surface area contributed by atoms with Crippen LogP contribution in [-0.2, 0) is 0 Å². The topological polar surface area (TPSA) is 99.7 Å². The molecule has 4 heterocycles. The van der Waals surface area contributed by atoms with Crippen LogP contribution in [0.3, 0.4) is 0 Å². The van der Waals surface area contributed by atoms with E-state index in [0.29, 0.717) is 11.6 Å². The molecule has 1 saturated heterocycles. The fourth-order valence-corrected chi connectivity index (χ4v) is 4.27. The number of anilines is 1. The molecule has 1 saturated carbocycles. The summed E-state index contributed by atoms with van der Waals surface area (Å²) in [7, 11) is 0. The van der Waals surface area contributed by atoms with Gasteiger partial charge < -0.3 is 10.2 Å². The number of carbonyl (C=O) groups excluding carboxylic acids is 1.